The van der Waals surface area contributed by atoms with Crippen LogP contribution in [0.3, 0.4) is 0 Å². The van der Waals surface area contributed by atoms with Gasteiger partial charge in [0.25, 0.3) is 0 Å². The molecule has 0 unspecified atom stereocenters. The fraction of sp³-hybridized carbons (Fsp3) is 0.300. The molecule has 1 amide bonds. The van der Waals surface area contributed by atoms with Crippen LogP contribution in [-0.4, -0.2) is 58.8 Å². The first-order chi connectivity index (χ1) is 20.2. The topological polar surface area (TPSA) is 197 Å². The van der Waals surface area contributed by atoms with Gasteiger partial charge >= 0.3 is 17.5 Å². The summed E-state index contributed by atoms with van der Waals surface area (Å²) in [6.45, 7) is 6.60. The Labute approximate surface area is 245 Å². The van der Waals surface area contributed by atoms with E-state index in [1.807, 2.05) is 0 Å². The number of hydrogen-bond acceptors (Lipinski definition) is 11. The van der Waals surface area contributed by atoms with Crippen LogP contribution in [0.2, 0.25) is 0 Å². The van der Waals surface area contributed by atoms with Crippen molar-refractivity contribution in [3.05, 3.63) is 76.7 Å². The van der Waals surface area contributed by atoms with Gasteiger partial charge in [-0.1, -0.05) is 39.8 Å². The lowest BCUT2D eigenvalue weighted by Crippen LogP contribution is -2.79. The maximum absolute atomic E-state index is 13.8. The molecule has 0 spiro atoms. The Hall–Kier alpha value is -4.85. The molecule has 3 aliphatic rings. The van der Waals surface area contributed by atoms with Crippen LogP contribution in [0.5, 0.6) is 17.2 Å². The Kier molecular flexibility index (Phi) is 7.00. The summed E-state index contributed by atoms with van der Waals surface area (Å²) < 4.78 is 6.09. The third-order valence-corrected chi connectivity index (χ3v) is 8.28. The molecular formula is C30H30N2O11. The third-order valence-electron chi connectivity index (χ3n) is 8.28. The van der Waals surface area contributed by atoms with Crippen molar-refractivity contribution in [3.8, 4) is 17.2 Å². The average Bonchev–Trinajstić information content (AvgIpc) is 2.99. The van der Waals surface area contributed by atoms with Gasteiger partial charge in [-0.2, -0.15) is 10.3 Å². The predicted octanol–water partition coefficient (Wildman–Crippen LogP) is 3.22. The fourth-order valence-electron chi connectivity index (χ4n) is 5.48. The normalized spacial score (nSPS) is 25.3. The van der Waals surface area contributed by atoms with Crippen molar-refractivity contribution in [1.29, 1.82) is 0 Å². The van der Waals surface area contributed by atoms with E-state index in [9.17, 15) is 45.2 Å². The lowest BCUT2D eigenvalue weighted by atomic mass is 9.86. The first-order valence-corrected chi connectivity index (χ1v) is 13.6. The van der Waals surface area contributed by atoms with Crippen LogP contribution < -0.4 is 14.7 Å². The summed E-state index contributed by atoms with van der Waals surface area (Å²) in [7, 11) is 0. The van der Waals surface area contributed by atoms with Gasteiger partial charge in [0, 0.05) is 11.5 Å². The highest BCUT2D eigenvalue weighted by Crippen LogP contribution is 2.52. The van der Waals surface area contributed by atoms with Crippen LogP contribution in [0.25, 0.3) is 11.1 Å². The molecule has 13 heteroatoms. The van der Waals surface area contributed by atoms with Crippen molar-refractivity contribution in [1.82, 2.24) is 5.06 Å². The summed E-state index contributed by atoms with van der Waals surface area (Å²) in [4.78, 5) is 44.0. The molecule has 2 aromatic rings. The third kappa shape index (κ3) is 4.00. The first-order valence-electron chi connectivity index (χ1n) is 13.6. The molecule has 43 heavy (non-hydrogen) atoms. The predicted molar refractivity (Wildman–Crippen MR) is 144 cm³/mol. The second kappa shape index (κ2) is 10.2. The number of phenolic OH excluding ortho intramolecular Hbond substituents is 1. The summed E-state index contributed by atoms with van der Waals surface area (Å²) in [5.74, 6) is -8.58. The maximum Gasteiger partial charge on any atom is 0.406 e. The van der Waals surface area contributed by atoms with Crippen LogP contribution in [0, 0.1) is 11.8 Å². The number of allylic oxidation sites excluding steroid dienone is 3. The lowest BCUT2D eigenvalue weighted by molar-refractivity contribution is -1.25. The number of phenols is 1. The fourth-order valence-corrected chi connectivity index (χ4v) is 5.48. The van der Waals surface area contributed by atoms with E-state index in [0.717, 1.165) is 6.07 Å². The minimum atomic E-state index is -2.46. The van der Waals surface area contributed by atoms with E-state index in [-0.39, 0.29) is 45.6 Å². The number of amides is 1. The number of quaternary nitrogens is 1. The number of ketones is 2. The largest absolute Gasteiger partial charge is 0.869 e. The second-order valence-corrected chi connectivity index (χ2v) is 10.7. The zero-order valence-corrected chi connectivity index (χ0v) is 23.7. The highest BCUT2D eigenvalue weighted by Gasteiger charge is 2.77. The Morgan fingerprint density at radius 3 is 2.14 bits per heavy atom. The molecule has 0 radical (unpaired) electrons. The van der Waals surface area contributed by atoms with E-state index in [2.05, 4.69) is 0 Å². The number of benzene rings is 2. The van der Waals surface area contributed by atoms with E-state index in [4.69, 9.17) is 9.57 Å². The Balaban J connectivity index is 1.64. The summed E-state index contributed by atoms with van der Waals surface area (Å²) in [5, 5.41) is 67.6. The molecule has 2 aromatic carbocycles. The molecule has 226 valence electrons. The molecule has 0 bridgehead atoms. The number of carbonyl (C=O) groups excluding carboxylic acids is 3. The Bertz CT molecular complexity index is 1660. The van der Waals surface area contributed by atoms with Crippen molar-refractivity contribution < 1.29 is 59.6 Å². The van der Waals surface area contributed by atoms with Gasteiger partial charge in [-0.05, 0) is 60.1 Å². The number of aliphatic hydroxyl groups excluding tert-OH is 2. The number of carbonyl (C=O) groups is 3. The molecular weight excluding hydrogens is 564 g/mol. The molecule has 0 saturated heterocycles. The molecule has 0 saturated carbocycles. The number of Topliss-reactive ketones (excluding diaryl/α,β-unsaturated/α-hetero) is 2. The molecule has 13 nitrogen and oxygen atoms in total. The minimum absolute atomic E-state index is 0.0236. The summed E-state index contributed by atoms with van der Waals surface area (Å²) in [6.07, 6.45) is 0.588. The van der Waals surface area contributed by atoms with E-state index in [0.29, 0.717) is 6.42 Å². The molecule has 0 fully saturated rings. The first kappa shape index (κ1) is 29.6. The van der Waals surface area contributed by atoms with Crippen LogP contribution >= 0.6 is 0 Å². The zero-order valence-electron chi connectivity index (χ0n) is 23.7. The molecule has 2 aliphatic heterocycles. The smallest absolute Gasteiger partial charge is 0.406 e. The van der Waals surface area contributed by atoms with E-state index in [1.165, 1.54) is 43.3 Å². The number of rotatable bonds is 6. The molecule has 5 N–H and O–H groups in total. The van der Waals surface area contributed by atoms with Gasteiger partial charge in [0.15, 0.2) is 23.0 Å². The monoisotopic (exact) mass is 594 g/mol. The van der Waals surface area contributed by atoms with Crippen molar-refractivity contribution >= 4 is 28.6 Å². The highest BCUT2D eigenvalue weighted by atomic mass is 17.0. The number of hydrogen-bond donors (Lipinski definition) is 5. The molecule has 0 aromatic heterocycles. The average molecular weight is 595 g/mol. The van der Waals surface area contributed by atoms with Gasteiger partial charge in [0.1, 0.15) is 10.6 Å². The summed E-state index contributed by atoms with van der Waals surface area (Å²) >= 11 is 0. The molecule has 1 aliphatic carbocycles. The van der Waals surface area contributed by atoms with Crippen molar-refractivity contribution in [2.24, 2.45) is 11.8 Å². The quantitative estimate of drug-likeness (QED) is 0.187. The SMILES string of the molecule is CC[C@@H](C)[C@]12Oc3cc(C4=C(O)C(=O)C(c5ccc(O)cc5)=C([O-])C4=O)ccc3O[N@@+]1(O)C(O)=C([C@@H](C)CC)N(O)C2=O. The minimum Gasteiger partial charge on any atom is -0.869 e. The van der Waals surface area contributed by atoms with Gasteiger partial charge in [0.2, 0.25) is 11.5 Å². The van der Waals surface area contributed by atoms with Gasteiger partial charge in [-0.15, -0.1) is 0 Å². The van der Waals surface area contributed by atoms with Crippen molar-refractivity contribution in [2.45, 2.75) is 46.3 Å². The van der Waals surface area contributed by atoms with Crippen LogP contribution in [0.4, 0.5) is 0 Å². The Morgan fingerprint density at radius 2 is 1.53 bits per heavy atom. The number of aromatic hydroxyl groups is 1. The zero-order chi connectivity index (χ0) is 31.6. The van der Waals surface area contributed by atoms with Gasteiger partial charge in [-0.25, -0.2) is 0 Å². The Morgan fingerprint density at radius 1 is 0.907 bits per heavy atom. The van der Waals surface area contributed by atoms with Gasteiger partial charge < -0.3 is 25.2 Å². The van der Waals surface area contributed by atoms with E-state index in [1.54, 1.807) is 20.8 Å². The van der Waals surface area contributed by atoms with Gasteiger partial charge in [-0.3, -0.25) is 24.4 Å². The number of ether oxygens (including phenoxy) is 1. The number of nitrogens with zero attached hydrogens (tertiary/aromatic N) is 2. The van der Waals surface area contributed by atoms with Crippen molar-refractivity contribution in [3.63, 3.8) is 0 Å². The molecule has 2 heterocycles. The van der Waals surface area contributed by atoms with Gasteiger partial charge in [0.05, 0.1) is 11.5 Å². The number of fused-ring (bicyclic) bond motifs is 2. The molecule has 5 rings (SSSR count). The van der Waals surface area contributed by atoms with Crippen LogP contribution in [0.1, 0.15) is 51.7 Å². The second-order valence-electron chi connectivity index (χ2n) is 10.7. The standard InChI is InChI=1S/C30H30N2O11/c1-5-14(3)23-28(38)32(41)30(15(4)6-2,29(39)31(23)40)42-20-13-17(9-12-19(20)43-32)22-26(36)24(34)21(25(35)27(22)37)16-7-10-18(33)11-8-16/h7-15,40-41H,5-6H2,1-4H3,(H3-,33,34,35,36,37,38)/t14-,15+,30+,32-/m0/s1. The van der Waals surface area contributed by atoms with E-state index >= 15 is 0 Å². The summed E-state index contributed by atoms with van der Waals surface area (Å²) in [6, 6.07) is 8.51. The highest BCUT2D eigenvalue weighted by molar-refractivity contribution is 6.46. The maximum atomic E-state index is 13.8. The lowest BCUT2D eigenvalue weighted by Gasteiger charge is -2.49. The van der Waals surface area contributed by atoms with Crippen molar-refractivity contribution in [2.75, 3.05) is 0 Å². The van der Waals surface area contributed by atoms with Crippen LogP contribution in [-0.2, 0) is 14.4 Å². The number of aliphatic hydroxyl groups is 2. The summed E-state index contributed by atoms with van der Waals surface area (Å²) in [5.41, 5.74) is -4.06. The molecule has 4 atom stereocenters. The van der Waals surface area contributed by atoms with Crippen LogP contribution in [0.15, 0.2) is 65.6 Å². The van der Waals surface area contributed by atoms with E-state index < -0.39 is 68.4 Å². The number of hydroxylamine groups is 6.